The number of nitrogens with two attached hydrogens (primary N) is 1. The number of nitrogens with zero attached hydrogens (tertiary/aromatic N) is 1. The molecule has 0 bridgehead atoms. The van der Waals surface area contributed by atoms with Crippen molar-refractivity contribution < 1.29 is 24.9 Å². The normalized spacial score (nSPS) is 21.7. The van der Waals surface area contributed by atoms with Crippen molar-refractivity contribution in [3.8, 4) is 0 Å². The molecular formula is C37H75N3O5. The molecule has 0 aliphatic carbocycles. The van der Waals surface area contributed by atoms with Gasteiger partial charge in [-0.05, 0) is 12.8 Å². The summed E-state index contributed by atoms with van der Waals surface area (Å²) >= 11 is 0. The third kappa shape index (κ3) is 20.1. The van der Waals surface area contributed by atoms with Crippen LogP contribution in [0.4, 0.5) is 4.79 Å². The van der Waals surface area contributed by atoms with E-state index >= 15 is 0 Å². The Hall–Kier alpha value is -0.930. The molecule has 0 aromatic heterocycles. The van der Waals surface area contributed by atoms with E-state index in [4.69, 9.17) is 10.5 Å². The van der Waals surface area contributed by atoms with Gasteiger partial charge >= 0.3 is 6.03 Å². The second-order valence-corrected chi connectivity index (χ2v) is 13.7. The Morgan fingerprint density at radius 1 is 0.622 bits per heavy atom. The maximum absolute atomic E-state index is 13.3. The molecule has 8 nitrogen and oxygen atoms in total. The van der Waals surface area contributed by atoms with Gasteiger partial charge in [0, 0.05) is 13.1 Å². The van der Waals surface area contributed by atoms with E-state index in [0.29, 0.717) is 13.1 Å². The minimum absolute atomic E-state index is 0.257. The molecule has 1 heterocycles. The van der Waals surface area contributed by atoms with Crippen LogP contribution < -0.4 is 11.1 Å². The number of nitrogens with one attached hydrogen (secondary N) is 1. The van der Waals surface area contributed by atoms with Gasteiger partial charge < -0.3 is 31.1 Å². The lowest BCUT2D eigenvalue weighted by Crippen LogP contribution is -2.67. The highest BCUT2D eigenvalue weighted by molar-refractivity contribution is 5.74. The lowest BCUT2D eigenvalue weighted by Gasteiger charge is -2.45. The van der Waals surface area contributed by atoms with Crippen LogP contribution in [0.3, 0.4) is 0 Å². The highest BCUT2D eigenvalue weighted by Gasteiger charge is 2.45. The average molecular weight is 642 g/mol. The van der Waals surface area contributed by atoms with E-state index in [9.17, 15) is 20.1 Å². The van der Waals surface area contributed by atoms with Crippen LogP contribution in [0.15, 0.2) is 0 Å². The molecule has 0 spiro atoms. The van der Waals surface area contributed by atoms with E-state index in [1.54, 1.807) is 4.90 Å². The molecule has 268 valence electrons. The predicted octanol–water partition coefficient (Wildman–Crippen LogP) is 7.95. The van der Waals surface area contributed by atoms with Crippen molar-refractivity contribution in [2.75, 3.05) is 19.7 Å². The van der Waals surface area contributed by atoms with Gasteiger partial charge in [0.05, 0.1) is 12.6 Å². The number of rotatable bonds is 30. The first-order chi connectivity index (χ1) is 22.0. The minimum atomic E-state index is -1.28. The Kier molecular flexibility index (Phi) is 27.3. The Morgan fingerprint density at radius 2 is 1.00 bits per heavy atom. The zero-order valence-corrected chi connectivity index (χ0v) is 29.6. The fourth-order valence-corrected chi connectivity index (χ4v) is 6.48. The molecular weight excluding hydrogens is 566 g/mol. The van der Waals surface area contributed by atoms with E-state index in [2.05, 4.69) is 19.2 Å². The van der Waals surface area contributed by atoms with Crippen molar-refractivity contribution in [1.29, 1.82) is 0 Å². The van der Waals surface area contributed by atoms with Crippen LogP contribution in [0.25, 0.3) is 0 Å². The SMILES string of the molecule is CCCCCCCCCCCCCCCCCCNC(=O)N(CCCCCCCCCCCC)[C@@H]1O[C@H](CO)[C@H](O)[C@H](O)[C@@H]1N. The Labute approximate surface area is 277 Å². The molecule has 1 fully saturated rings. The Balaban J connectivity index is 2.28. The fourth-order valence-electron chi connectivity index (χ4n) is 6.48. The largest absolute Gasteiger partial charge is 0.394 e. The molecule has 1 aliphatic rings. The molecule has 1 saturated heterocycles. The van der Waals surface area contributed by atoms with Crippen molar-refractivity contribution in [3.63, 3.8) is 0 Å². The van der Waals surface area contributed by atoms with Gasteiger partial charge in [-0.2, -0.15) is 0 Å². The molecule has 1 rings (SSSR count). The number of aliphatic hydroxyl groups excluding tert-OH is 3. The van der Waals surface area contributed by atoms with Crippen molar-refractivity contribution in [1.82, 2.24) is 10.2 Å². The van der Waals surface area contributed by atoms with E-state index in [0.717, 1.165) is 32.1 Å². The summed E-state index contributed by atoms with van der Waals surface area (Å²) < 4.78 is 5.87. The van der Waals surface area contributed by atoms with Crippen molar-refractivity contribution >= 4 is 6.03 Å². The lowest BCUT2D eigenvalue weighted by molar-refractivity contribution is -0.218. The molecule has 0 saturated carbocycles. The summed E-state index contributed by atoms with van der Waals surface area (Å²) in [5.41, 5.74) is 6.24. The number of hydrogen-bond donors (Lipinski definition) is 5. The highest BCUT2D eigenvalue weighted by Crippen LogP contribution is 2.23. The van der Waals surface area contributed by atoms with Crippen LogP contribution in [0.2, 0.25) is 0 Å². The van der Waals surface area contributed by atoms with Gasteiger partial charge in [-0.1, -0.05) is 168 Å². The smallest absolute Gasteiger partial charge is 0.319 e. The maximum atomic E-state index is 13.3. The maximum Gasteiger partial charge on any atom is 0.319 e. The molecule has 1 aliphatic heterocycles. The van der Waals surface area contributed by atoms with Crippen LogP contribution in [-0.4, -0.2) is 76.5 Å². The molecule has 45 heavy (non-hydrogen) atoms. The van der Waals surface area contributed by atoms with Gasteiger partial charge in [-0.15, -0.1) is 0 Å². The van der Waals surface area contributed by atoms with Gasteiger partial charge in [-0.25, -0.2) is 4.79 Å². The molecule has 0 unspecified atom stereocenters. The number of urea groups is 1. The van der Waals surface area contributed by atoms with Gasteiger partial charge in [0.1, 0.15) is 18.3 Å². The minimum Gasteiger partial charge on any atom is -0.394 e. The zero-order valence-electron chi connectivity index (χ0n) is 29.6. The van der Waals surface area contributed by atoms with Crippen LogP contribution in [0.5, 0.6) is 0 Å². The number of ether oxygens (including phenoxy) is 1. The number of carbonyl (C=O) groups is 1. The first-order valence-electron chi connectivity index (χ1n) is 19.4. The third-order valence-electron chi connectivity index (χ3n) is 9.58. The first kappa shape index (κ1) is 42.1. The lowest BCUT2D eigenvalue weighted by atomic mass is 9.96. The standard InChI is InChI=1S/C37H75N3O5/c1-3-5-7-9-11-13-15-16-17-18-19-20-21-23-25-27-29-39-37(44)40(30-28-26-24-22-14-12-10-8-6-4-2)36-33(38)35(43)34(42)32(31-41)45-36/h32-36,41-43H,3-31,38H2,1-2H3,(H,39,44)/t32-,33+,34+,35-,36-/m1/s1. The summed E-state index contributed by atoms with van der Waals surface area (Å²) in [4.78, 5) is 14.9. The van der Waals surface area contributed by atoms with Crippen molar-refractivity contribution in [3.05, 3.63) is 0 Å². The summed E-state index contributed by atoms with van der Waals surface area (Å²) in [6, 6.07) is -1.21. The van der Waals surface area contributed by atoms with Crippen molar-refractivity contribution in [2.24, 2.45) is 5.73 Å². The Bertz CT molecular complexity index is 668. The van der Waals surface area contributed by atoms with E-state index in [1.807, 2.05) is 0 Å². The second kappa shape index (κ2) is 29.2. The second-order valence-electron chi connectivity index (χ2n) is 13.7. The predicted molar refractivity (Wildman–Crippen MR) is 187 cm³/mol. The third-order valence-corrected chi connectivity index (χ3v) is 9.58. The van der Waals surface area contributed by atoms with E-state index in [-0.39, 0.29) is 6.03 Å². The van der Waals surface area contributed by atoms with Crippen LogP contribution >= 0.6 is 0 Å². The van der Waals surface area contributed by atoms with Crippen LogP contribution in [-0.2, 0) is 4.74 Å². The molecule has 5 atom stereocenters. The summed E-state index contributed by atoms with van der Waals surface area (Å²) in [7, 11) is 0. The molecule has 0 radical (unpaired) electrons. The van der Waals surface area contributed by atoms with Gasteiger partial charge in [0.2, 0.25) is 0 Å². The number of hydrogen-bond acceptors (Lipinski definition) is 6. The number of aliphatic hydroxyl groups is 3. The fraction of sp³-hybridized carbons (Fsp3) is 0.973. The van der Waals surface area contributed by atoms with Gasteiger partial charge in [0.25, 0.3) is 0 Å². The number of unbranched alkanes of at least 4 members (excludes halogenated alkanes) is 24. The van der Waals surface area contributed by atoms with Gasteiger partial charge in [-0.3, -0.25) is 4.90 Å². The summed E-state index contributed by atoms with van der Waals surface area (Å²) in [5.74, 6) is 0. The molecule has 6 N–H and O–H groups in total. The Morgan fingerprint density at radius 3 is 1.40 bits per heavy atom. The summed E-state index contributed by atoms with van der Waals surface area (Å²) in [6.07, 6.45) is 28.5. The monoisotopic (exact) mass is 642 g/mol. The topological polar surface area (TPSA) is 128 Å². The molecule has 8 heteroatoms. The first-order valence-corrected chi connectivity index (χ1v) is 19.4. The van der Waals surface area contributed by atoms with E-state index in [1.165, 1.54) is 135 Å². The quantitative estimate of drug-likeness (QED) is 0.0507. The zero-order chi connectivity index (χ0) is 33.0. The van der Waals surface area contributed by atoms with Crippen LogP contribution in [0, 0.1) is 0 Å². The average Bonchev–Trinajstić information content (AvgIpc) is 3.04. The number of amides is 2. The van der Waals surface area contributed by atoms with E-state index < -0.39 is 37.2 Å². The molecule has 2 amide bonds. The summed E-state index contributed by atoms with van der Waals surface area (Å²) in [6.45, 7) is 5.11. The summed E-state index contributed by atoms with van der Waals surface area (Å²) in [5, 5.41) is 33.5. The van der Waals surface area contributed by atoms with Crippen molar-refractivity contribution in [2.45, 2.75) is 211 Å². The number of carbonyl (C=O) groups excluding carboxylic acids is 1. The van der Waals surface area contributed by atoms with Gasteiger partial charge in [0.15, 0.2) is 6.23 Å². The highest BCUT2D eigenvalue weighted by atomic mass is 16.5. The molecule has 0 aromatic carbocycles. The molecule has 0 aromatic rings. The van der Waals surface area contributed by atoms with Crippen LogP contribution in [0.1, 0.15) is 181 Å².